The summed E-state index contributed by atoms with van der Waals surface area (Å²) in [6, 6.07) is 13.9. The lowest BCUT2D eigenvalue weighted by Crippen LogP contribution is -2.14. The molecule has 0 saturated carbocycles. The van der Waals surface area contributed by atoms with Crippen LogP contribution in [0, 0.1) is 0 Å². The predicted molar refractivity (Wildman–Crippen MR) is 115 cm³/mol. The number of carbonyl (C=O) groups excluding carboxylic acids is 1. The van der Waals surface area contributed by atoms with E-state index >= 15 is 0 Å². The van der Waals surface area contributed by atoms with Crippen molar-refractivity contribution in [2.24, 2.45) is 0 Å². The second-order valence-corrected chi connectivity index (χ2v) is 8.91. The van der Waals surface area contributed by atoms with E-state index in [1.165, 1.54) is 36.8 Å². The van der Waals surface area contributed by atoms with Crippen LogP contribution in [0.2, 0.25) is 0 Å². The molecule has 3 nitrogen and oxygen atoms in total. The number of rotatable bonds is 2. The first-order valence-electron chi connectivity index (χ1n) is 10.4. The summed E-state index contributed by atoms with van der Waals surface area (Å²) < 4.78 is 6.10. The minimum absolute atomic E-state index is 0.0776. The lowest BCUT2D eigenvalue weighted by atomic mass is 9.87. The Morgan fingerprint density at radius 2 is 1.64 bits per heavy atom. The number of hydrogen-bond donors (Lipinski definition) is 1. The van der Waals surface area contributed by atoms with Crippen molar-refractivity contribution < 1.29 is 9.21 Å². The van der Waals surface area contributed by atoms with Crippen LogP contribution in [0.4, 0.5) is 5.69 Å². The quantitative estimate of drug-likeness (QED) is 0.545. The average molecular weight is 376 g/mol. The van der Waals surface area contributed by atoms with Gasteiger partial charge in [0.05, 0.1) is 0 Å². The summed E-state index contributed by atoms with van der Waals surface area (Å²) in [6.45, 7) is 6.52. The number of carbonyl (C=O) groups is 1. The van der Waals surface area contributed by atoms with Crippen molar-refractivity contribution >= 4 is 22.6 Å². The Hall–Kier alpha value is -2.55. The van der Waals surface area contributed by atoms with Gasteiger partial charge in [-0.05, 0) is 60.6 Å². The third kappa shape index (κ3) is 3.84. The number of nitrogens with one attached hydrogen (secondary N) is 1. The summed E-state index contributed by atoms with van der Waals surface area (Å²) >= 11 is 0. The molecule has 1 N–H and O–H groups in total. The van der Waals surface area contributed by atoms with Crippen LogP contribution in [-0.4, -0.2) is 5.91 Å². The van der Waals surface area contributed by atoms with E-state index < -0.39 is 0 Å². The maximum atomic E-state index is 12.7. The van der Waals surface area contributed by atoms with Crippen molar-refractivity contribution in [2.75, 3.05) is 5.32 Å². The Kier molecular flexibility index (Phi) is 5.01. The monoisotopic (exact) mass is 375 g/mol. The van der Waals surface area contributed by atoms with Crippen LogP contribution in [0.5, 0.6) is 0 Å². The van der Waals surface area contributed by atoms with Crippen molar-refractivity contribution in [1.82, 2.24) is 0 Å². The first-order valence-corrected chi connectivity index (χ1v) is 10.4. The summed E-state index contributed by atoms with van der Waals surface area (Å²) in [4.78, 5) is 12.7. The summed E-state index contributed by atoms with van der Waals surface area (Å²) in [5.74, 6) is 1.06. The van der Waals surface area contributed by atoms with Gasteiger partial charge in [-0.2, -0.15) is 0 Å². The Morgan fingerprint density at radius 3 is 2.36 bits per heavy atom. The Balaban J connectivity index is 1.57. The maximum absolute atomic E-state index is 12.7. The molecular weight excluding hydrogens is 346 g/mol. The molecule has 0 bridgehead atoms. The fourth-order valence-electron chi connectivity index (χ4n) is 4.02. The van der Waals surface area contributed by atoms with Crippen molar-refractivity contribution in [3.8, 4) is 0 Å². The molecule has 28 heavy (non-hydrogen) atoms. The summed E-state index contributed by atoms with van der Waals surface area (Å²) in [5.41, 5.74) is 5.07. The van der Waals surface area contributed by atoms with Gasteiger partial charge in [-0.3, -0.25) is 4.79 Å². The second kappa shape index (κ2) is 7.46. The van der Waals surface area contributed by atoms with Gasteiger partial charge in [0.1, 0.15) is 11.3 Å². The summed E-state index contributed by atoms with van der Waals surface area (Å²) in [5, 5.41) is 4.20. The minimum Gasteiger partial charge on any atom is -0.461 e. The van der Waals surface area contributed by atoms with E-state index in [2.05, 4.69) is 32.2 Å². The number of anilines is 1. The third-order valence-corrected chi connectivity index (χ3v) is 5.73. The number of fused-ring (bicyclic) bond motifs is 3. The van der Waals surface area contributed by atoms with Gasteiger partial charge in [-0.15, -0.1) is 0 Å². The molecule has 0 spiro atoms. The molecule has 146 valence electrons. The maximum Gasteiger partial charge on any atom is 0.255 e. The summed E-state index contributed by atoms with van der Waals surface area (Å²) in [6.07, 6.45) is 7.05. The molecule has 1 aliphatic carbocycles. The van der Waals surface area contributed by atoms with Crippen molar-refractivity contribution in [3.05, 3.63) is 64.9 Å². The molecule has 0 atom stereocenters. The van der Waals surface area contributed by atoms with Crippen LogP contribution in [-0.2, 0) is 18.3 Å². The van der Waals surface area contributed by atoms with E-state index in [4.69, 9.17) is 4.42 Å². The van der Waals surface area contributed by atoms with E-state index in [-0.39, 0.29) is 11.3 Å². The van der Waals surface area contributed by atoms with E-state index in [1.54, 1.807) is 0 Å². The van der Waals surface area contributed by atoms with Crippen LogP contribution < -0.4 is 5.32 Å². The van der Waals surface area contributed by atoms with Gasteiger partial charge in [0.2, 0.25) is 0 Å². The van der Waals surface area contributed by atoms with Gasteiger partial charge >= 0.3 is 0 Å². The number of amides is 1. The van der Waals surface area contributed by atoms with E-state index in [0.29, 0.717) is 5.56 Å². The molecule has 2 aromatic carbocycles. The molecule has 1 aliphatic rings. The number of furan rings is 1. The standard InChI is InChI=1S/C25H29NO2/c1-25(2,3)18-12-10-17(11-13-18)24(27)26-19-14-15-23-21(16-19)20-8-6-4-5-7-9-22(20)28-23/h10-16H,4-9H2,1-3H3,(H,26,27). The predicted octanol–water partition coefficient (Wildman–Crippen LogP) is 6.64. The normalized spacial score (nSPS) is 15.0. The highest BCUT2D eigenvalue weighted by molar-refractivity contribution is 6.05. The molecular formula is C25H29NO2. The average Bonchev–Trinajstić information content (AvgIpc) is 2.97. The zero-order chi connectivity index (χ0) is 19.7. The Labute approximate surface area is 167 Å². The van der Waals surface area contributed by atoms with Crippen LogP contribution in [0.15, 0.2) is 46.9 Å². The van der Waals surface area contributed by atoms with Crippen LogP contribution in [0.25, 0.3) is 11.0 Å². The molecule has 0 fully saturated rings. The SMILES string of the molecule is CC(C)(C)c1ccc(C(=O)Nc2ccc3oc4c(c3c2)CCCCCC4)cc1. The first kappa shape index (κ1) is 18.8. The number of aryl methyl sites for hydroxylation is 2. The second-order valence-electron chi connectivity index (χ2n) is 8.91. The fourth-order valence-corrected chi connectivity index (χ4v) is 4.02. The highest BCUT2D eigenvalue weighted by atomic mass is 16.3. The first-order chi connectivity index (χ1) is 13.4. The van der Waals surface area contributed by atoms with E-state index in [1.807, 2.05) is 36.4 Å². The Bertz CT molecular complexity index is 990. The minimum atomic E-state index is -0.0776. The van der Waals surface area contributed by atoms with Crippen molar-refractivity contribution in [3.63, 3.8) is 0 Å². The van der Waals surface area contributed by atoms with Gasteiger partial charge in [-0.25, -0.2) is 0 Å². The molecule has 1 amide bonds. The molecule has 0 aliphatic heterocycles. The molecule has 3 heteroatoms. The van der Waals surface area contributed by atoms with Crippen LogP contribution in [0.3, 0.4) is 0 Å². The highest BCUT2D eigenvalue weighted by Gasteiger charge is 2.17. The molecule has 1 heterocycles. The van der Waals surface area contributed by atoms with Gasteiger partial charge in [0.15, 0.2) is 0 Å². The van der Waals surface area contributed by atoms with E-state index in [9.17, 15) is 4.79 Å². The number of benzene rings is 2. The zero-order valence-corrected chi connectivity index (χ0v) is 17.1. The van der Waals surface area contributed by atoms with E-state index in [0.717, 1.165) is 35.3 Å². The lowest BCUT2D eigenvalue weighted by molar-refractivity contribution is 0.102. The van der Waals surface area contributed by atoms with Crippen LogP contribution >= 0.6 is 0 Å². The molecule has 3 aromatic rings. The van der Waals surface area contributed by atoms with Crippen LogP contribution in [0.1, 0.15) is 73.7 Å². The van der Waals surface area contributed by atoms with Gasteiger partial charge in [0, 0.05) is 28.6 Å². The van der Waals surface area contributed by atoms with Gasteiger partial charge in [0.25, 0.3) is 5.91 Å². The lowest BCUT2D eigenvalue weighted by Gasteiger charge is -2.19. The number of hydrogen-bond acceptors (Lipinski definition) is 2. The molecule has 0 saturated heterocycles. The van der Waals surface area contributed by atoms with Gasteiger partial charge < -0.3 is 9.73 Å². The summed E-state index contributed by atoms with van der Waals surface area (Å²) in [7, 11) is 0. The largest absolute Gasteiger partial charge is 0.461 e. The highest BCUT2D eigenvalue weighted by Crippen LogP contribution is 2.32. The zero-order valence-electron chi connectivity index (χ0n) is 17.1. The molecule has 0 unspecified atom stereocenters. The van der Waals surface area contributed by atoms with Crippen molar-refractivity contribution in [2.45, 2.75) is 64.7 Å². The fraction of sp³-hybridized carbons (Fsp3) is 0.400. The topological polar surface area (TPSA) is 42.2 Å². The Morgan fingerprint density at radius 1 is 0.929 bits per heavy atom. The van der Waals surface area contributed by atoms with Crippen molar-refractivity contribution in [1.29, 1.82) is 0 Å². The third-order valence-electron chi connectivity index (χ3n) is 5.73. The smallest absolute Gasteiger partial charge is 0.255 e. The molecule has 4 rings (SSSR count). The van der Waals surface area contributed by atoms with Gasteiger partial charge in [-0.1, -0.05) is 45.7 Å². The molecule has 0 radical (unpaired) electrons. The molecule has 1 aromatic heterocycles.